The smallest absolute Gasteiger partial charge is 0.123 e. The molecule has 0 atom stereocenters. The summed E-state index contributed by atoms with van der Waals surface area (Å²) in [6, 6.07) is 13.2. The van der Waals surface area contributed by atoms with Crippen molar-refractivity contribution in [2.45, 2.75) is 25.9 Å². The van der Waals surface area contributed by atoms with Crippen LogP contribution in [0.3, 0.4) is 0 Å². The third kappa shape index (κ3) is 2.97. The Hall–Kier alpha value is -2.46. The molecule has 0 amide bonds. The van der Waals surface area contributed by atoms with Gasteiger partial charge in [0.2, 0.25) is 0 Å². The van der Waals surface area contributed by atoms with E-state index in [-0.39, 0.29) is 5.82 Å². The number of nitrogens with one attached hydrogen (secondary N) is 1. The van der Waals surface area contributed by atoms with E-state index < -0.39 is 0 Å². The van der Waals surface area contributed by atoms with Crippen molar-refractivity contribution < 1.29 is 4.39 Å². The predicted octanol–water partition coefficient (Wildman–Crippen LogP) is 3.58. The average molecular weight is 321 g/mol. The van der Waals surface area contributed by atoms with E-state index in [1.54, 1.807) is 0 Å². The molecule has 0 fully saturated rings. The Morgan fingerprint density at radius 3 is 2.88 bits per heavy atom. The molecule has 122 valence electrons. The molecule has 0 saturated heterocycles. The van der Waals surface area contributed by atoms with Crippen LogP contribution < -0.4 is 5.32 Å². The number of hydrogen-bond acceptors (Lipinski definition) is 2. The first kappa shape index (κ1) is 15.1. The van der Waals surface area contributed by atoms with E-state index in [0.29, 0.717) is 0 Å². The van der Waals surface area contributed by atoms with Crippen LogP contribution in [0.4, 0.5) is 4.39 Å². The van der Waals surface area contributed by atoms with Gasteiger partial charge >= 0.3 is 0 Å². The van der Waals surface area contributed by atoms with E-state index in [9.17, 15) is 4.39 Å². The Bertz CT molecular complexity index is 836. The molecule has 0 saturated carbocycles. The highest BCUT2D eigenvalue weighted by atomic mass is 19.1. The predicted molar refractivity (Wildman–Crippen MR) is 93.2 cm³/mol. The lowest BCUT2D eigenvalue weighted by molar-refractivity contribution is 0.625. The zero-order valence-electron chi connectivity index (χ0n) is 13.5. The van der Waals surface area contributed by atoms with E-state index in [0.717, 1.165) is 43.7 Å². The van der Waals surface area contributed by atoms with Gasteiger partial charge in [-0.25, -0.2) is 9.37 Å². The van der Waals surface area contributed by atoms with Crippen LogP contribution in [0.25, 0.3) is 11.3 Å². The summed E-state index contributed by atoms with van der Waals surface area (Å²) in [7, 11) is 0. The van der Waals surface area contributed by atoms with Gasteiger partial charge in [0.1, 0.15) is 5.82 Å². The van der Waals surface area contributed by atoms with Crippen LogP contribution in [0.1, 0.15) is 16.7 Å². The maximum atomic E-state index is 13.0. The molecule has 0 unspecified atom stereocenters. The number of fused-ring (bicyclic) bond motifs is 1. The standard InChI is InChI=1S/C20H20FN3/c21-17-6-4-15(5-7-17)9-11-24-14-23-13-20(24)19-3-1-2-16-12-22-10-8-18(16)19/h1-7,13-14,22H,8-12H2. The molecule has 1 aliphatic heterocycles. The molecule has 0 spiro atoms. The molecule has 24 heavy (non-hydrogen) atoms. The summed E-state index contributed by atoms with van der Waals surface area (Å²) in [4.78, 5) is 4.36. The second-order valence-electron chi connectivity index (χ2n) is 6.22. The van der Waals surface area contributed by atoms with Crippen LogP contribution in [0.15, 0.2) is 55.0 Å². The van der Waals surface area contributed by atoms with Gasteiger partial charge in [0.05, 0.1) is 18.2 Å². The Balaban J connectivity index is 1.60. The highest BCUT2D eigenvalue weighted by Gasteiger charge is 2.16. The van der Waals surface area contributed by atoms with Crippen LogP contribution in [0.5, 0.6) is 0 Å². The number of nitrogens with zero attached hydrogens (tertiary/aromatic N) is 2. The van der Waals surface area contributed by atoms with Gasteiger partial charge in [-0.15, -0.1) is 0 Å². The van der Waals surface area contributed by atoms with Crippen molar-refractivity contribution >= 4 is 0 Å². The summed E-state index contributed by atoms with van der Waals surface area (Å²) < 4.78 is 15.2. The third-order valence-corrected chi connectivity index (χ3v) is 4.68. The van der Waals surface area contributed by atoms with Gasteiger partial charge in [-0.05, 0) is 48.2 Å². The van der Waals surface area contributed by atoms with Crippen molar-refractivity contribution in [3.8, 4) is 11.3 Å². The monoisotopic (exact) mass is 321 g/mol. The van der Waals surface area contributed by atoms with Gasteiger partial charge in [0, 0.05) is 18.7 Å². The first-order valence-electron chi connectivity index (χ1n) is 8.38. The van der Waals surface area contributed by atoms with Gasteiger partial charge in [0.15, 0.2) is 0 Å². The molecule has 1 aromatic heterocycles. The number of halogens is 1. The van der Waals surface area contributed by atoms with Crippen LogP contribution >= 0.6 is 0 Å². The van der Waals surface area contributed by atoms with Gasteiger partial charge in [-0.2, -0.15) is 0 Å². The highest BCUT2D eigenvalue weighted by Crippen LogP contribution is 2.28. The minimum absolute atomic E-state index is 0.188. The fraction of sp³-hybridized carbons (Fsp3) is 0.250. The molecule has 2 heterocycles. The summed E-state index contributed by atoms with van der Waals surface area (Å²) in [5.74, 6) is -0.188. The largest absolute Gasteiger partial charge is 0.330 e. The van der Waals surface area contributed by atoms with E-state index in [1.807, 2.05) is 24.7 Å². The van der Waals surface area contributed by atoms with Gasteiger partial charge in [-0.1, -0.05) is 30.3 Å². The van der Waals surface area contributed by atoms with E-state index in [1.165, 1.54) is 28.8 Å². The van der Waals surface area contributed by atoms with Crippen molar-refractivity contribution in [2.75, 3.05) is 6.54 Å². The Kier molecular flexibility index (Phi) is 4.13. The van der Waals surface area contributed by atoms with Crippen molar-refractivity contribution in [3.63, 3.8) is 0 Å². The second kappa shape index (κ2) is 6.57. The molecule has 1 N–H and O–H groups in total. The van der Waals surface area contributed by atoms with Crippen LogP contribution in [-0.4, -0.2) is 16.1 Å². The van der Waals surface area contributed by atoms with Crippen molar-refractivity contribution in [1.82, 2.24) is 14.9 Å². The van der Waals surface area contributed by atoms with E-state index in [2.05, 4.69) is 33.1 Å². The van der Waals surface area contributed by atoms with Crippen LogP contribution in [-0.2, 0) is 25.9 Å². The second-order valence-corrected chi connectivity index (χ2v) is 6.22. The fourth-order valence-corrected chi connectivity index (χ4v) is 3.40. The van der Waals surface area contributed by atoms with E-state index in [4.69, 9.17) is 0 Å². The summed E-state index contributed by atoms with van der Waals surface area (Å²) >= 11 is 0. The Morgan fingerprint density at radius 1 is 1.12 bits per heavy atom. The number of benzene rings is 2. The number of hydrogen-bond donors (Lipinski definition) is 1. The maximum absolute atomic E-state index is 13.0. The normalized spacial score (nSPS) is 13.7. The Labute approximate surface area is 141 Å². The Morgan fingerprint density at radius 2 is 2.00 bits per heavy atom. The van der Waals surface area contributed by atoms with Gasteiger partial charge < -0.3 is 9.88 Å². The lowest BCUT2D eigenvalue weighted by Crippen LogP contribution is -2.24. The zero-order valence-corrected chi connectivity index (χ0v) is 13.5. The van der Waals surface area contributed by atoms with Crippen molar-refractivity contribution in [3.05, 3.63) is 77.5 Å². The minimum atomic E-state index is -0.188. The summed E-state index contributed by atoms with van der Waals surface area (Å²) in [5.41, 5.74) is 6.39. The quantitative estimate of drug-likeness (QED) is 0.796. The first-order valence-corrected chi connectivity index (χ1v) is 8.38. The lowest BCUT2D eigenvalue weighted by atomic mass is 9.94. The number of rotatable bonds is 4. The minimum Gasteiger partial charge on any atom is -0.330 e. The molecule has 4 rings (SSSR count). The molecular formula is C20H20FN3. The molecule has 2 aromatic carbocycles. The number of aromatic nitrogens is 2. The molecule has 0 aliphatic carbocycles. The summed E-state index contributed by atoms with van der Waals surface area (Å²) in [6.07, 6.45) is 5.75. The van der Waals surface area contributed by atoms with Crippen LogP contribution in [0, 0.1) is 5.82 Å². The molecular weight excluding hydrogens is 301 g/mol. The first-order chi connectivity index (χ1) is 11.8. The molecule has 3 nitrogen and oxygen atoms in total. The van der Waals surface area contributed by atoms with Crippen molar-refractivity contribution in [1.29, 1.82) is 0 Å². The number of aryl methyl sites for hydroxylation is 2. The van der Waals surface area contributed by atoms with Gasteiger partial charge in [0.25, 0.3) is 0 Å². The van der Waals surface area contributed by atoms with Crippen molar-refractivity contribution in [2.24, 2.45) is 0 Å². The summed E-state index contributed by atoms with van der Waals surface area (Å²) in [5, 5.41) is 3.43. The molecule has 3 aromatic rings. The molecule has 0 radical (unpaired) electrons. The molecule has 1 aliphatic rings. The topological polar surface area (TPSA) is 29.9 Å². The fourth-order valence-electron chi connectivity index (χ4n) is 3.40. The summed E-state index contributed by atoms with van der Waals surface area (Å²) in [6.45, 7) is 2.80. The molecule has 0 bridgehead atoms. The van der Waals surface area contributed by atoms with Crippen LogP contribution in [0.2, 0.25) is 0 Å². The third-order valence-electron chi connectivity index (χ3n) is 4.68. The maximum Gasteiger partial charge on any atom is 0.123 e. The lowest BCUT2D eigenvalue weighted by Gasteiger charge is -2.21. The van der Waals surface area contributed by atoms with E-state index >= 15 is 0 Å². The SMILES string of the molecule is Fc1ccc(CCn2cncc2-c2cccc3c2CCNC3)cc1. The average Bonchev–Trinajstić information content (AvgIpc) is 3.09. The zero-order chi connectivity index (χ0) is 16.4. The highest BCUT2D eigenvalue weighted by molar-refractivity contribution is 5.66. The number of imidazole rings is 1. The van der Waals surface area contributed by atoms with Gasteiger partial charge in [-0.3, -0.25) is 0 Å². The molecule has 4 heteroatoms.